The minimum Gasteiger partial charge on any atom is -0.310 e. The highest BCUT2D eigenvalue weighted by molar-refractivity contribution is 8.18. The van der Waals surface area contributed by atoms with Gasteiger partial charge in [0.15, 0.2) is 0 Å². The lowest BCUT2D eigenvalue weighted by molar-refractivity contribution is -0.122. The fraction of sp³-hybridized carbons (Fsp3) is 0.207. The Bertz CT molecular complexity index is 1280. The van der Waals surface area contributed by atoms with E-state index in [1.165, 1.54) is 22.3 Å². The van der Waals surface area contributed by atoms with E-state index in [-0.39, 0.29) is 24.1 Å². The zero-order valence-corrected chi connectivity index (χ0v) is 21.2. The molecule has 35 heavy (non-hydrogen) atoms. The molecule has 1 aliphatic rings. The van der Waals surface area contributed by atoms with E-state index in [0.717, 1.165) is 39.3 Å². The molecule has 3 aromatic carbocycles. The van der Waals surface area contributed by atoms with E-state index in [1.54, 1.807) is 6.08 Å². The van der Waals surface area contributed by atoms with Crippen LogP contribution in [0.1, 0.15) is 34.2 Å². The van der Waals surface area contributed by atoms with Gasteiger partial charge in [-0.1, -0.05) is 47.5 Å². The van der Waals surface area contributed by atoms with Crippen LogP contribution in [0.3, 0.4) is 0 Å². The molecule has 0 N–H and O–H groups in total. The van der Waals surface area contributed by atoms with Gasteiger partial charge in [-0.05, 0) is 86.5 Å². The number of benzene rings is 3. The quantitative estimate of drug-likeness (QED) is 0.266. The fourth-order valence-electron chi connectivity index (χ4n) is 4.27. The molecule has 0 unspecified atom stereocenters. The van der Waals surface area contributed by atoms with E-state index in [9.17, 15) is 14.4 Å². The van der Waals surface area contributed by atoms with Gasteiger partial charge in [-0.25, -0.2) is 0 Å². The second-order valence-corrected chi connectivity index (χ2v) is 9.79. The third kappa shape index (κ3) is 5.23. The highest BCUT2D eigenvalue weighted by Gasteiger charge is 2.34. The normalized spacial score (nSPS) is 14.6. The van der Waals surface area contributed by atoms with Gasteiger partial charge in [0.05, 0.1) is 4.91 Å². The maximum atomic E-state index is 12.6. The van der Waals surface area contributed by atoms with E-state index in [4.69, 9.17) is 0 Å². The third-order valence-electron chi connectivity index (χ3n) is 5.98. The number of carbonyl (C=O) groups excluding carboxylic acids is 3. The highest BCUT2D eigenvalue weighted by atomic mass is 32.2. The summed E-state index contributed by atoms with van der Waals surface area (Å²) in [5.41, 5.74) is 8.82. The van der Waals surface area contributed by atoms with Crippen LogP contribution in [0.2, 0.25) is 0 Å². The molecule has 0 saturated carbocycles. The predicted molar refractivity (Wildman–Crippen MR) is 143 cm³/mol. The van der Waals surface area contributed by atoms with Crippen molar-refractivity contribution in [1.82, 2.24) is 4.90 Å². The molecule has 2 amide bonds. The summed E-state index contributed by atoms with van der Waals surface area (Å²) >= 11 is 0.910. The van der Waals surface area contributed by atoms with Crippen LogP contribution in [0.25, 0.3) is 6.08 Å². The third-order valence-corrected chi connectivity index (χ3v) is 6.89. The van der Waals surface area contributed by atoms with Crippen LogP contribution in [0, 0.1) is 27.7 Å². The number of amides is 2. The van der Waals surface area contributed by atoms with Crippen LogP contribution in [0.4, 0.5) is 21.9 Å². The van der Waals surface area contributed by atoms with Crippen LogP contribution >= 0.6 is 11.8 Å². The van der Waals surface area contributed by atoms with Gasteiger partial charge in [0, 0.05) is 30.0 Å². The highest BCUT2D eigenvalue weighted by Crippen LogP contribution is 2.39. The standard InChI is InChI=1S/C29H28N2O3S/c1-19-6-12-25(21(3)16-19)31(26-13-7-20(2)17-22(26)4)24-10-8-23(9-11-24)18-27-28(33)30(14-5-15-32)29(34)35-27/h6-13,15-18H,5,14H2,1-4H3/b27-18+. The van der Waals surface area contributed by atoms with Gasteiger partial charge < -0.3 is 9.69 Å². The summed E-state index contributed by atoms with van der Waals surface area (Å²) in [6, 6.07) is 20.9. The molecule has 1 aliphatic heterocycles. The molecule has 1 fully saturated rings. The number of anilines is 3. The van der Waals surface area contributed by atoms with Crippen molar-refractivity contribution in [3.63, 3.8) is 0 Å². The molecule has 0 bridgehead atoms. The molecular weight excluding hydrogens is 456 g/mol. The molecule has 0 spiro atoms. The van der Waals surface area contributed by atoms with Crippen molar-refractivity contribution >= 4 is 52.3 Å². The maximum Gasteiger partial charge on any atom is 0.293 e. The summed E-state index contributed by atoms with van der Waals surface area (Å²) in [4.78, 5) is 39.1. The van der Waals surface area contributed by atoms with E-state index >= 15 is 0 Å². The summed E-state index contributed by atoms with van der Waals surface area (Å²) in [7, 11) is 0. The topological polar surface area (TPSA) is 57.7 Å². The Morgan fingerprint density at radius 3 is 1.91 bits per heavy atom. The molecule has 178 valence electrons. The molecule has 0 aromatic heterocycles. The molecule has 1 heterocycles. The van der Waals surface area contributed by atoms with Crippen molar-refractivity contribution in [1.29, 1.82) is 0 Å². The minimum absolute atomic E-state index is 0.116. The number of aldehydes is 1. The number of imide groups is 1. The monoisotopic (exact) mass is 484 g/mol. The van der Waals surface area contributed by atoms with Crippen LogP contribution in [0.15, 0.2) is 65.6 Å². The van der Waals surface area contributed by atoms with Crippen molar-refractivity contribution in [3.05, 3.63) is 93.4 Å². The summed E-state index contributed by atoms with van der Waals surface area (Å²) in [5.74, 6) is -0.349. The van der Waals surface area contributed by atoms with Crippen molar-refractivity contribution in [3.8, 4) is 0 Å². The summed E-state index contributed by atoms with van der Waals surface area (Å²) in [6.07, 6.45) is 2.59. The number of hydrogen-bond acceptors (Lipinski definition) is 5. The molecule has 3 aromatic rings. The Labute approximate surface area is 210 Å². The van der Waals surface area contributed by atoms with Crippen molar-refractivity contribution in [2.24, 2.45) is 0 Å². The molecule has 5 nitrogen and oxygen atoms in total. The Kier molecular flexibility index (Phi) is 7.22. The Hall–Kier alpha value is -3.64. The van der Waals surface area contributed by atoms with Gasteiger partial charge in [0.2, 0.25) is 0 Å². The summed E-state index contributed by atoms with van der Waals surface area (Å²) in [6.45, 7) is 8.54. The lowest BCUT2D eigenvalue weighted by Gasteiger charge is -2.29. The molecule has 6 heteroatoms. The zero-order valence-electron chi connectivity index (χ0n) is 20.4. The van der Waals surface area contributed by atoms with Crippen LogP contribution < -0.4 is 4.90 Å². The first-order chi connectivity index (χ1) is 16.8. The first kappa shape index (κ1) is 24.5. The SMILES string of the molecule is Cc1ccc(N(c2ccc(/C=C3/SC(=O)N(CCC=O)C3=O)cc2)c2ccc(C)cc2C)c(C)c1. The second-order valence-electron chi connectivity index (χ2n) is 8.80. The second kappa shape index (κ2) is 10.3. The number of aryl methyl sites for hydroxylation is 4. The first-order valence-electron chi connectivity index (χ1n) is 11.5. The molecule has 1 saturated heterocycles. The van der Waals surface area contributed by atoms with Crippen molar-refractivity contribution < 1.29 is 14.4 Å². The first-order valence-corrected chi connectivity index (χ1v) is 12.3. The Balaban J connectivity index is 1.70. The molecular formula is C29H28N2O3S. The maximum absolute atomic E-state index is 12.6. The number of hydrogen-bond donors (Lipinski definition) is 0. The number of thioether (sulfide) groups is 1. The molecule has 4 rings (SSSR count). The molecule has 0 radical (unpaired) electrons. The van der Waals surface area contributed by atoms with Gasteiger partial charge in [0.25, 0.3) is 11.1 Å². The van der Waals surface area contributed by atoms with Crippen molar-refractivity contribution in [2.45, 2.75) is 34.1 Å². The van der Waals surface area contributed by atoms with Crippen LogP contribution in [0.5, 0.6) is 0 Å². The lowest BCUT2D eigenvalue weighted by atomic mass is 10.0. The fourth-order valence-corrected chi connectivity index (χ4v) is 5.13. The number of rotatable bonds is 7. The average Bonchev–Trinajstić information content (AvgIpc) is 3.08. The van der Waals surface area contributed by atoms with Crippen LogP contribution in [-0.4, -0.2) is 28.9 Å². The van der Waals surface area contributed by atoms with Gasteiger partial charge in [-0.3, -0.25) is 14.5 Å². The zero-order chi connectivity index (χ0) is 25.1. The van der Waals surface area contributed by atoms with E-state index in [2.05, 4.69) is 69.0 Å². The lowest BCUT2D eigenvalue weighted by Crippen LogP contribution is -2.29. The average molecular weight is 485 g/mol. The Morgan fingerprint density at radius 2 is 1.40 bits per heavy atom. The molecule has 0 aliphatic carbocycles. The minimum atomic E-state index is -0.349. The Morgan fingerprint density at radius 1 is 0.829 bits per heavy atom. The smallest absolute Gasteiger partial charge is 0.293 e. The summed E-state index contributed by atoms with van der Waals surface area (Å²) < 4.78 is 0. The van der Waals surface area contributed by atoms with E-state index < -0.39 is 0 Å². The predicted octanol–water partition coefficient (Wildman–Crippen LogP) is 7.02. The van der Waals surface area contributed by atoms with E-state index in [0.29, 0.717) is 11.2 Å². The molecule has 0 atom stereocenters. The van der Waals surface area contributed by atoms with Gasteiger partial charge in [-0.15, -0.1) is 0 Å². The number of carbonyl (C=O) groups is 3. The summed E-state index contributed by atoms with van der Waals surface area (Å²) in [5, 5.41) is -0.337. The van der Waals surface area contributed by atoms with Gasteiger partial charge >= 0.3 is 0 Å². The van der Waals surface area contributed by atoms with Gasteiger partial charge in [0.1, 0.15) is 6.29 Å². The number of nitrogens with zero attached hydrogens (tertiary/aromatic N) is 2. The largest absolute Gasteiger partial charge is 0.310 e. The van der Waals surface area contributed by atoms with Crippen molar-refractivity contribution in [2.75, 3.05) is 11.4 Å². The van der Waals surface area contributed by atoms with Gasteiger partial charge in [-0.2, -0.15) is 0 Å². The van der Waals surface area contributed by atoms with E-state index in [1.807, 2.05) is 24.3 Å². The van der Waals surface area contributed by atoms with Crippen LogP contribution in [-0.2, 0) is 9.59 Å².